The zero-order valence-electron chi connectivity index (χ0n) is 15.6. The van der Waals surface area contributed by atoms with E-state index in [0.717, 1.165) is 11.8 Å². The molecule has 1 saturated heterocycles. The van der Waals surface area contributed by atoms with Crippen LogP contribution in [0.5, 0.6) is 0 Å². The van der Waals surface area contributed by atoms with E-state index in [0.29, 0.717) is 5.54 Å². The highest BCUT2D eigenvalue weighted by molar-refractivity contribution is 4.98. The van der Waals surface area contributed by atoms with E-state index < -0.39 is 0 Å². The second-order valence-corrected chi connectivity index (χ2v) is 8.99. The first-order valence-corrected chi connectivity index (χ1v) is 11.1. The summed E-state index contributed by atoms with van der Waals surface area (Å²) in [6.07, 6.45) is 26.9. The van der Waals surface area contributed by atoms with Gasteiger partial charge in [-0.2, -0.15) is 0 Å². The van der Waals surface area contributed by atoms with Crippen LogP contribution in [0, 0.1) is 11.8 Å². The fourth-order valence-electron chi connectivity index (χ4n) is 5.90. The lowest BCUT2D eigenvalue weighted by Crippen LogP contribution is -2.50. The van der Waals surface area contributed by atoms with Crippen LogP contribution in [0.25, 0.3) is 0 Å². The van der Waals surface area contributed by atoms with E-state index in [2.05, 4.69) is 5.32 Å². The molecule has 2 aliphatic carbocycles. The van der Waals surface area contributed by atoms with Crippen molar-refractivity contribution in [1.82, 2.24) is 5.32 Å². The lowest BCUT2D eigenvalue weighted by Gasteiger charge is -2.41. The summed E-state index contributed by atoms with van der Waals surface area (Å²) in [6.45, 7) is 1.31. The van der Waals surface area contributed by atoms with Gasteiger partial charge in [0.15, 0.2) is 0 Å². The van der Waals surface area contributed by atoms with Gasteiger partial charge in [-0.25, -0.2) is 0 Å². The molecule has 0 radical (unpaired) electrons. The molecule has 2 atom stereocenters. The van der Waals surface area contributed by atoms with Gasteiger partial charge in [0.05, 0.1) is 0 Å². The van der Waals surface area contributed by atoms with Crippen LogP contribution in [0.3, 0.4) is 0 Å². The Bertz CT molecular complexity index is 310. The van der Waals surface area contributed by atoms with Crippen LogP contribution in [0.2, 0.25) is 0 Å². The average Bonchev–Trinajstić information content (AvgIpc) is 2.88. The monoisotopic (exact) mass is 319 g/mol. The van der Waals surface area contributed by atoms with Crippen molar-refractivity contribution in [2.75, 3.05) is 6.54 Å². The molecule has 0 aromatic carbocycles. The minimum Gasteiger partial charge on any atom is -0.311 e. The molecular weight excluding hydrogens is 278 g/mol. The largest absolute Gasteiger partial charge is 0.311 e. The Morgan fingerprint density at radius 2 is 1.13 bits per heavy atom. The first-order chi connectivity index (χ1) is 11.4. The maximum atomic E-state index is 4.16. The summed E-state index contributed by atoms with van der Waals surface area (Å²) >= 11 is 0. The van der Waals surface area contributed by atoms with E-state index >= 15 is 0 Å². The van der Waals surface area contributed by atoms with Crippen LogP contribution in [0.15, 0.2) is 0 Å². The molecule has 1 spiro atoms. The van der Waals surface area contributed by atoms with Gasteiger partial charge in [-0.15, -0.1) is 0 Å². The molecule has 1 heteroatoms. The third kappa shape index (κ3) is 5.21. The summed E-state index contributed by atoms with van der Waals surface area (Å²) in [7, 11) is 0. The lowest BCUT2D eigenvalue weighted by molar-refractivity contribution is 0.160. The zero-order chi connectivity index (χ0) is 15.8. The molecule has 0 aromatic rings. The number of fused-ring (bicyclic) bond motifs is 3. The van der Waals surface area contributed by atoms with Gasteiger partial charge in [-0.05, 0) is 50.5 Å². The molecular formula is C22H41N. The van der Waals surface area contributed by atoms with Crippen molar-refractivity contribution in [1.29, 1.82) is 0 Å². The number of rotatable bonds is 0. The van der Waals surface area contributed by atoms with Crippen molar-refractivity contribution in [2.24, 2.45) is 11.8 Å². The van der Waals surface area contributed by atoms with E-state index in [4.69, 9.17) is 0 Å². The third-order valence-corrected chi connectivity index (χ3v) is 7.34. The molecule has 0 aromatic heterocycles. The summed E-state index contributed by atoms with van der Waals surface area (Å²) in [4.78, 5) is 0. The number of hydrogen-bond donors (Lipinski definition) is 1. The van der Waals surface area contributed by atoms with Crippen LogP contribution in [-0.4, -0.2) is 12.1 Å². The Kier molecular flexibility index (Phi) is 7.30. The molecule has 1 aliphatic heterocycles. The molecule has 0 amide bonds. The third-order valence-electron chi connectivity index (χ3n) is 7.34. The van der Waals surface area contributed by atoms with Gasteiger partial charge >= 0.3 is 0 Å². The highest BCUT2D eigenvalue weighted by atomic mass is 15.0. The fraction of sp³-hybridized carbons (Fsp3) is 1.00. The van der Waals surface area contributed by atoms with Crippen molar-refractivity contribution >= 4 is 0 Å². The maximum absolute atomic E-state index is 4.16. The number of nitrogens with one attached hydrogen (secondary N) is 1. The average molecular weight is 320 g/mol. The van der Waals surface area contributed by atoms with Gasteiger partial charge in [-0.1, -0.05) is 83.5 Å². The summed E-state index contributed by atoms with van der Waals surface area (Å²) in [5.74, 6) is 2.03. The highest BCUT2D eigenvalue weighted by Gasteiger charge is 2.40. The van der Waals surface area contributed by atoms with Crippen molar-refractivity contribution in [3.8, 4) is 0 Å². The molecule has 3 aliphatic rings. The summed E-state index contributed by atoms with van der Waals surface area (Å²) in [5.41, 5.74) is 0.521. The second kappa shape index (κ2) is 9.44. The second-order valence-electron chi connectivity index (χ2n) is 8.99. The Balaban J connectivity index is 1.67. The van der Waals surface area contributed by atoms with Crippen molar-refractivity contribution < 1.29 is 0 Å². The highest BCUT2D eigenvalue weighted by Crippen LogP contribution is 2.43. The lowest BCUT2D eigenvalue weighted by atomic mass is 9.72. The predicted octanol–water partition coefficient (Wildman–Crippen LogP) is 6.61. The normalized spacial score (nSPS) is 34.4. The smallest absolute Gasteiger partial charge is 0.0209 e. The maximum Gasteiger partial charge on any atom is 0.0209 e. The van der Waals surface area contributed by atoms with Crippen molar-refractivity contribution in [3.63, 3.8) is 0 Å². The van der Waals surface area contributed by atoms with Crippen LogP contribution in [0.4, 0.5) is 0 Å². The minimum atomic E-state index is 0.521. The molecule has 1 heterocycles. The summed E-state index contributed by atoms with van der Waals surface area (Å²) in [6, 6.07) is 0. The molecule has 1 nitrogen and oxygen atoms in total. The van der Waals surface area contributed by atoms with E-state index in [1.807, 2.05) is 0 Å². The fourth-order valence-corrected chi connectivity index (χ4v) is 5.90. The molecule has 3 rings (SSSR count). The quantitative estimate of drug-likeness (QED) is 0.529. The van der Waals surface area contributed by atoms with Crippen molar-refractivity contribution in [2.45, 2.75) is 121 Å². The molecule has 3 fully saturated rings. The van der Waals surface area contributed by atoms with Gasteiger partial charge < -0.3 is 5.32 Å². The van der Waals surface area contributed by atoms with Crippen LogP contribution in [0.1, 0.15) is 116 Å². The Labute approximate surface area is 145 Å². The Morgan fingerprint density at radius 3 is 1.78 bits per heavy atom. The topological polar surface area (TPSA) is 12.0 Å². The molecule has 1 N–H and O–H groups in total. The van der Waals surface area contributed by atoms with Crippen LogP contribution in [-0.2, 0) is 0 Å². The van der Waals surface area contributed by atoms with E-state index in [-0.39, 0.29) is 0 Å². The molecule has 2 saturated carbocycles. The van der Waals surface area contributed by atoms with Gasteiger partial charge in [0.1, 0.15) is 0 Å². The van der Waals surface area contributed by atoms with Crippen molar-refractivity contribution in [3.05, 3.63) is 0 Å². The number of hydrogen-bond acceptors (Lipinski definition) is 1. The predicted molar refractivity (Wildman–Crippen MR) is 101 cm³/mol. The first kappa shape index (κ1) is 17.8. The van der Waals surface area contributed by atoms with Gasteiger partial charge in [-0.3, -0.25) is 0 Å². The standard InChI is InChI=1S/C22H41N/c1-2-4-6-8-12-17-22(16-11-7-5-3-1)21-14-10-9-13-20(19-21)15-18-23-22/h20-21,23H,1-19H2. The summed E-state index contributed by atoms with van der Waals surface area (Å²) < 4.78 is 0. The SMILES string of the molecule is C1CCCCCCC2(CCCCC1)NCCC1CCCCC2C1. The van der Waals surface area contributed by atoms with Gasteiger partial charge in [0.25, 0.3) is 0 Å². The molecule has 2 unspecified atom stereocenters. The van der Waals surface area contributed by atoms with Gasteiger partial charge in [0.2, 0.25) is 0 Å². The minimum absolute atomic E-state index is 0.521. The molecule has 2 bridgehead atoms. The summed E-state index contributed by atoms with van der Waals surface area (Å²) in [5, 5.41) is 4.16. The Morgan fingerprint density at radius 1 is 0.565 bits per heavy atom. The van der Waals surface area contributed by atoms with E-state index in [1.54, 1.807) is 6.42 Å². The van der Waals surface area contributed by atoms with E-state index in [9.17, 15) is 0 Å². The first-order valence-electron chi connectivity index (χ1n) is 11.1. The zero-order valence-corrected chi connectivity index (χ0v) is 15.6. The van der Waals surface area contributed by atoms with Crippen LogP contribution < -0.4 is 5.32 Å². The van der Waals surface area contributed by atoms with E-state index in [1.165, 1.54) is 116 Å². The van der Waals surface area contributed by atoms with Crippen LogP contribution >= 0.6 is 0 Å². The Hall–Kier alpha value is -0.0400. The van der Waals surface area contributed by atoms with Gasteiger partial charge in [0, 0.05) is 5.54 Å². The molecule has 23 heavy (non-hydrogen) atoms. The molecule has 134 valence electrons.